The van der Waals surface area contributed by atoms with Crippen molar-refractivity contribution in [3.8, 4) is 0 Å². The Labute approximate surface area is 133 Å². The monoisotopic (exact) mass is 326 g/mol. The highest BCUT2D eigenvalue weighted by Crippen LogP contribution is 2.37. The van der Waals surface area contributed by atoms with Crippen molar-refractivity contribution in [3.05, 3.63) is 17.8 Å². The molecule has 0 spiro atoms. The van der Waals surface area contributed by atoms with Gasteiger partial charge in [0.05, 0.1) is 24.2 Å². The SMILES string of the molecule is CC(C)(C)c1cnc(CN2CCCS(=O)(=O)CC2C2CC2)o1. The minimum Gasteiger partial charge on any atom is -0.444 e. The van der Waals surface area contributed by atoms with Gasteiger partial charge in [-0.1, -0.05) is 20.8 Å². The summed E-state index contributed by atoms with van der Waals surface area (Å²) in [4.78, 5) is 6.68. The second-order valence-corrected chi connectivity index (χ2v) is 9.94. The van der Waals surface area contributed by atoms with E-state index in [9.17, 15) is 8.42 Å². The Hall–Kier alpha value is -0.880. The third-order valence-electron chi connectivity index (χ3n) is 4.59. The Balaban J connectivity index is 1.76. The van der Waals surface area contributed by atoms with Crippen LogP contribution >= 0.6 is 0 Å². The maximum Gasteiger partial charge on any atom is 0.208 e. The number of hydrogen-bond acceptors (Lipinski definition) is 5. The van der Waals surface area contributed by atoms with Crippen LogP contribution in [0.2, 0.25) is 0 Å². The van der Waals surface area contributed by atoms with Gasteiger partial charge in [-0.05, 0) is 31.7 Å². The maximum absolute atomic E-state index is 12.1. The normalized spacial score (nSPS) is 26.8. The van der Waals surface area contributed by atoms with Crippen molar-refractivity contribution >= 4 is 9.84 Å². The molecule has 5 nitrogen and oxygen atoms in total. The van der Waals surface area contributed by atoms with E-state index in [2.05, 4.69) is 30.7 Å². The van der Waals surface area contributed by atoms with Crippen LogP contribution in [0.25, 0.3) is 0 Å². The van der Waals surface area contributed by atoms with E-state index in [1.54, 1.807) is 6.20 Å². The lowest BCUT2D eigenvalue weighted by Gasteiger charge is -2.28. The van der Waals surface area contributed by atoms with E-state index in [4.69, 9.17) is 4.42 Å². The van der Waals surface area contributed by atoms with Gasteiger partial charge in [0.2, 0.25) is 5.89 Å². The molecule has 1 unspecified atom stereocenters. The zero-order valence-corrected chi connectivity index (χ0v) is 14.5. The summed E-state index contributed by atoms with van der Waals surface area (Å²) in [6, 6.07) is 0.137. The molecule has 0 amide bonds. The van der Waals surface area contributed by atoms with Crippen LogP contribution in [0.15, 0.2) is 10.6 Å². The molecular formula is C16H26N2O3S. The molecule has 124 valence electrons. The molecule has 1 saturated heterocycles. The molecule has 1 aromatic heterocycles. The molecule has 2 aliphatic rings. The van der Waals surface area contributed by atoms with Gasteiger partial charge in [-0.2, -0.15) is 0 Å². The zero-order chi connectivity index (χ0) is 16.0. The lowest BCUT2D eigenvalue weighted by molar-refractivity contribution is 0.168. The molecule has 2 heterocycles. The molecule has 1 saturated carbocycles. The van der Waals surface area contributed by atoms with E-state index in [0.29, 0.717) is 36.3 Å². The van der Waals surface area contributed by atoms with Crippen LogP contribution in [-0.2, 0) is 21.8 Å². The number of rotatable bonds is 3. The Morgan fingerprint density at radius 1 is 1.36 bits per heavy atom. The fraction of sp³-hybridized carbons (Fsp3) is 0.812. The fourth-order valence-electron chi connectivity index (χ4n) is 3.12. The van der Waals surface area contributed by atoms with Crippen molar-refractivity contribution in [3.63, 3.8) is 0 Å². The van der Waals surface area contributed by atoms with Gasteiger partial charge >= 0.3 is 0 Å². The molecule has 1 aliphatic carbocycles. The Bertz CT molecular complexity index is 626. The smallest absolute Gasteiger partial charge is 0.208 e. The van der Waals surface area contributed by atoms with Crippen LogP contribution in [0.1, 0.15) is 51.7 Å². The first-order chi connectivity index (χ1) is 10.2. The van der Waals surface area contributed by atoms with Gasteiger partial charge in [0.1, 0.15) is 5.76 Å². The molecule has 1 atom stereocenters. The van der Waals surface area contributed by atoms with Crippen molar-refractivity contribution in [2.75, 3.05) is 18.1 Å². The van der Waals surface area contributed by atoms with Gasteiger partial charge in [0.25, 0.3) is 0 Å². The fourth-order valence-corrected chi connectivity index (χ4v) is 4.86. The van der Waals surface area contributed by atoms with Crippen molar-refractivity contribution < 1.29 is 12.8 Å². The Kier molecular flexibility index (Phi) is 4.10. The first-order valence-electron chi connectivity index (χ1n) is 8.14. The zero-order valence-electron chi connectivity index (χ0n) is 13.7. The molecule has 3 rings (SSSR count). The number of nitrogens with zero attached hydrogens (tertiary/aromatic N) is 2. The highest BCUT2D eigenvalue weighted by atomic mass is 32.2. The van der Waals surface area contributed by atoms with Crippen LogP contribution in [0, 0.1) is 5.92 Å². The predicted molar refractivity (Wildman–Crippen MR) is 85.4 cm³/mol. The molecule has 0 bridgehead atoms. The maximum atomic E-state index is 12.1. The van der Waals surface area contributed by atoms with Crippen molar-refractivity contribution in [2.24, 2.45) is 5.92 Å². The van der Waals surface area contributed by atoms with E-state index in [1.807, 2.05) is 0 Å². The predicted octanol–water partition coefficient (Wildman–Crippen LogP) is 2.37. The van der Waals surface area contributed by atoms with Crippen LogP contribution in [0.5, 0.6) is 0 Å². The van der Waals surface area contributed by atoms with Gasteiger partial charge in [0, 0.05) is 11.5 Å². The van der Waals surface area contributed by atoms with Crippen LogP contribution < -0.4 is 0 Å². The third kappa shape index (κ3) is 3.71. The third-order valence-corrected chi connectivity index (χ3v) is 6.35. The van der Waals surface area contributed by atoms with E-state index in [1.165, 1.54) is 0 Å². The molecule has 22 heavy (non-hydrogen) atoms. The molecule has 0 radical (unpaired) electrons. The summed E-state index contributed by atoms with van der Waals surface area (Å²) in [6.45, 7) is 7.73. The lowest BCUT2D eigenvalue weighted by Crippen LogP contribution is -2.39. The quantitative estimate of drug-likeness (QED) is 0.853. The van der Waals surface area contributed by atoms with Gasteiger partial charge in [-0.3, -0.25) is 4.90 Å². The molecule has 1 aliphatic heterocycles. The molecule has 0 N–H and O–H groups in total. The van der Waals surface area contributed by atoms with Gasteiger partial charge < -0.3 is 4.42 Å². The molecular weight excluding hydrogens is 300 g/mol. The molecule has 0 aromatic carbocycles. The number of hydrogen-bond donors (Lipinski definition) is 0. The van der Waals surface area contributed by atoms with Crippen molar-refractivity contribution in [1.29, 1.82) is 0 Å². The largest absolute Gasteiger partial charge is 0.444 e. The van der Waals surface area contributed by atoms with Crippen LogP contribution in [0.4, 0.5) is 0 Å². The summed E-state index contributed by atoms with van der Waals surface area (Å²) in [5.41, 5.74) is -0.0523. The van der Waals surface area contributed by atoms with Crippen LogP contribution in [-0.4, -0.2) is 42.4 Å². The summed E-state index contributed by atoms with van der Waals surface area (Å²) < 4.78 is 30.1. The average Bonchev–Trinajstić information content (AvgIpc) is 3.13. The lowest BCUT2D eigenvalue weighted by atomic mass is 9.94. The highest BCUT2D eigenvalue weighted by molar-refractivity contribution is 7.91. The van der Waals surface area contributed by atoms with E-state index in [0.717, 1.165) is 25.1 Å². The summed E-state index contributed by atoms with van der Waals surface area (Å²) in [6.07, 6.45) is 4.81. The first kappa shape index (κ1) is 16.0. The molecule has 6 heteroatoms. The summed E-state index contributed by atoms with van der Waals surface area (Å²) in [5.74, 6) is 2.73. The topological polar surface area (TPSA) is 63.4 Å². The van der Waals surface area contributed by atoms with Gasteiger partial charge in [-0.25, -0.2) is 13.4 Å². The second-order valence-electron chi connectivity index (χ2n) is 7.71. The first-order valence-corrected chi connectivity index (χ1v) is 9.96. The van der Waals surface area contributed by atoms with E-state index >= 15 is 0 Å². The summed E-state index contributed by atoms with van der Waals surface area (Å²) in [5, 5.41) is 0. The minimum absolute atomic E-state index is 0.0523. The van der Waals surface area contributed by atoms with Crippen molar-refractivity contribution in [2.45, 2.75) is 58.0 Å². The second kappa shape index (κ2) is 5.64. The summed E-state index contributed by atoms with van der Waals surface area (Å²) in [7, 11) is -2.91. The van der Waals surface area contributed by atoms with Gasteiger partial charge in [-0.15, -0.1) is 0 Å². The number of oxazole rings is 1. The minimum atomic E-state index is -2.91. The van der Waals surface area contributed by atoms with Crippen molar-refractivity contribution in [1.82, 2.24) is 9.88 Å². The highest BCUT2D eigenvalue weighted by Gasteiger charge is 2.40. The number of sulfone groups is 1. The summed E-state index contributed by atoms with van der Waals surface area (Å²) >= 11 is 0. The van der Waals surface area contributed by atoms with E-state index < -0.39 is 9.84 Å². The average molecular weight is 326 g/mol. The van der Waals surface area contributed by atoms with Gasteiger partial charge in [0.15, 0.2) is 9.84 Å². The molecule has 1 aromatic rings. The Morgan fingerprint density at radius 2 is 2.09 bits per heavy atom. The van der Waals surface area contributed by atoms with E-state index in [-0.39, 0.29) is 11.5 Å². The standard InChI is InChI=1S/C16H26N2O3S/c1-16(2,3)14-9-17-15(21-14)10-18-7-4-8-22(19,20)11-13(18)12-5-6-12/h9,12-13H,4-8,10-11H2,1-3H3. The van der Waals surface area contributed by atoms with Crippen LogP contribution in [0.3, 0.4) is 0 Å². The Morgan fingerprint density at radius 3 is 2.68 bits per heavy atom. The molecule has 2 fully saturated rings. The number of aromatic nitrogens is 1.